The second kappa shape index (κ2) is 2.25. The number of halogens is 1. The monoisotopic (exact) mass is 137 g/mol. The van der Waals surface area contributed by atoms with Gasteiger partial charge >= 0.3 is 0 Å². The lowest BCUT2D eigenvalue weighted by Crippen LogP contribution is -2.08. The van der Waals surface area contributed by atoms with E-state index in [0.717, 1.165) is 0 Å². The van der Waals surface area contributed by atoms with Crippen LogP contribution in [0.25, 0.3) is 0 Å². The molecule has 1 heterocycles. The Kier molecular flexibility index (Phi) is 1.84. The SMILES string of the molecule is CC1CCSN1Cl. The minimum Gasteiger partial charge on any atom is -0.161 e. The number of hydrogen-bond acceptors (Lipinski definition) is 2. The maximum Gasteiger partial charge on any atom is 0.0345 e. The largest absolute Gasteiger partial charge is 0.161 e. The van der Waals surface area contributed by atoms with Crippen molar-refractivity contribution in [2.45, 2.75) is 19.4 Å². The molecule has 0 radical (unpaired) electrons. The fourth-order valence-corrected chi connectivity index (χ4v) is 1.82. The molecule has 3 heteroatoms. The van der Waals surface area contributed by atoms with Gasteiger partial charge in [-0.15, -0.1) is 0 Å². The molecule has 1 nitrogen and oxygen atoms in total. The lowest BCUT2D eigenvalue weighted by Gasteiger charge is -2.06. The molecule has 0 aromatic heterocycles. The van der Waals surface area contributed by atoms with Crippen molar-refractivity contribution in [3.63, 3.8) is 0 Å². The molecule has 0 amide bonds. The van der Waals surface area contributed by atoms with Crippen molar-refractivity contribution in [2.75, 3.05) is 5.75 Å². The van der Waals surface area contributed by atoms with Crippen LogP contribution in [-0.4, -0.2) is 15.6 Å². The molecular weight excluding hydrogens is 130 g/mol. The van der Waals surface area contributed by atoms with Gasteiger partial charge in [0.25, 0.3) is 0 Å². The maximum atomic E-state index is 5.66. The summed E-state index contributed by atoms with van der Waals surface area (Å²) in [6, 6.07) is 0.576. The summed E-state index contributed by atoms with van der Waals surface area (Å²) in [6.07, 6.45) is 1.23. The van der Waals surface area contributed by atoms with E-state index >= 15 is 0 Å². The molecule has 0 bridgehead atoms. The van der Waals surface area contributed by atoms with E-state index in [4.69, 9.17) is 11.8 Å². The van der Waals surface area contributed by atoms with Crippen molar-refractivity contribution < 1.29 is 0 Å². The molecule has 0 spiro atoms. The third-order valence-corrected chi connectivity index (χ3v) is 2.75. The van der Waals surface area contributed by atoms with Gasteiger partial charge < -0.3 is 0 Å². The average Bonchev–Trinajstić information content (AvgIpc) is 1.91. The standard InChI is InChI=1S/C4H8ClNS/c1-4-2-3-7-6(4)5/h4H,2-3H2,1H3. The fourth-order valence-electron chi connectivity index (χ4n) is 0.539. The highest BCUT2D eigenvalue weighted by atomic mass is 35.5. The summed E-state index contributed by atoms with van der Waals surface area (Å²) < 4.78 is 1.79. The van der Waals surface area contributed by atoms with Gasteiger partial charge in [-0.25, -0.2) is 0 Å². The Hall–Kier alpha value is 0.600. The third-order valence-electron chi connectivity index (χ3n) is 1.10. The fraction of sp³-hybridized carbons (Fsp3) is 1.00. The van der Waals surface area contributed by atoms with Crippen LogP contribution in [0.2, 0.25) is 0 Å². The molecule has 7 heavy (non-hydrogen) atoms. The molecule has 1 unspecified atom stereocenters. The molecule has 0 N–H and O–H groups in total. The summed E-state index contributed by atoms with van der Waals surface area (Å²) in [5, 5.41) is 0. The normalized spacial score (nSPS) is 34.3. The minimum atomic E-state index is 0.576. The van der Waals surface area contributed by atoms with Crippen molar-refractivity contribution >= 4 is 23.7 Å². The van der Waals surface area contributed by atoms with E-state index in [-0.39, 0.29) is 0 Å². The molecule has 1 saturated heterocycles. The Morgan fingerprint density at radius 1 is 1.86 bits per heavy atom. The van der Waals surface area contributed by atoms with Gasteiger partial charge in [-0.3, -0.25) is 0 Å². The zero-order valence-electron chi connectivity index (χ0n) is 4.22. The summed E-state index contributed by atoms with van der Waals surface area (Å²) in [6.45, 7) is 2.13. The van der Waals surface area contributed by atoms with E-state index in [1.54, 1.807) is 15.8 Å². The minimum absolute atomic E-state index is 0.576. The van der Waals surface area contributed by atoms with Crippen molar-refractivity contribution in [3.05, 3.63) is 0 Å². The Morgan fingerprint density at radius 3 is 2.71 bits per heavy atom. The highest BCUT2D eigenvalue weighted by Crippen LogP contribution is 2.27. The van der Waals surface area contributed by atoms with Gasteiger partial charge in [0.05, 0.1) is 0 Å². The van der Waals surface area contributed by atoms with Crippen LogP contribution in [0.3, 0.4) is 0 Å². The van der Waals surface area contributed by atoms with Gasteiger partial charge in [0, 0.05) is 11.8 Å². The van der Waals surface area contributed by atoms with Gasteiger partial charge in [-0.05, 0) is 25.1 Å². The summed E-state index contributed by atoms with van der Waals surface area (Å²) in [7, 11) is 0. The first-order chi connectivity index (χ1) is 3.30. The number of nitrogens with zero attached hydrogens (tertiary/aromatic N) is 1. The second-order valence-electron chi connectivity index (χ2n) is 1.74. The maximum absolute atomic E-state index is 5.66. The molecular formula is C4H8ClNS. The molecule has 0 aromatic carbocycles. The summed E-state index contributed by atoms with van der Waals surface area (Å²) in [5.41, 5.74) is 0. The lowest BCUT2D eigenvalue weighted by molar-refractivity contribution is 0.561. The lowest BCUT2D eigenvalue weighted by atomic mass is 10.3. The van der Waals surface area contributed by atoms with Crippen LogP contribution < -0.4 is 0 Å². The van der Waals surface area contributed by atoms with Crippen LogP contribution in [0.15, 0.2) is 0 Å². The highest BCUT2D eigenvalue weighted by molar-refractivity contribution is 7.98. The quantitative estimate of drug-likeness (QED) is 0.371. The zero-order chi connectivity index (χ0) is 5.28. The highest BCUT2D eigenvalue weighted by Gasteiger charge is 2.17. The van der Waals surface area contributed by atoms with E-state index in [1.807, 2.05) is 0 Å². The zero-order valence-corrected chi connectivity index (χ0v) is 5.80. The predicted octanol–water partition coefficient (Wildman–Crippen LogP) is 1.88. The topological polar surface area (TPSA) is 3.24 Å². The molecule has 1 atom stereocenters. The van der Waals surface area contributed by atoms with E-state index in [1.165, 1.54) is 12.2 Å². The molecule has 0 aromatic rings. The number of hydrogen-bond donors (Lipinski definition) is 0. The van der Waals surface area contributed by atoms with Crippen molar-refractivity contribution in [3.8, 4) is 0 Å². The van der Waals surface area contributed by atoms with Crippen LogP contribution in [0, 0.1) is 0 Å². The van der Waals surface area contributed by atoms with Crippen molar-refractivity contribution in [1.29, 1.82) is 0 Å². The Balaban J connectivity index is 2.33. The first-order valence-electron chi connectivity index (χ1n) is 2.38. The summed E-state index contributed by atoms with van der Waals surface area (Å²) in [5.74, 6) is 1.19. The Bertz CT molecular complexity index is 60.7. The molecule has 1 fully saturated rings. The molecule has 1 rings (SSSR count). The van der Waals surface area contributed by atoms with Crippen LogP contribution in [0.5, 0.6) is 0 Å². The molecule has 1 aliphatic rings. The van der Waals surface area contributed by atoms with Crippen LogP contribution in [0.1, 0.15) is 13.3 Å². The summed E-state index contributed by atoms with van der Waals surface area (Å²) in [4.78, 5) is 0. The van der Waals surface area contributed by atoms with Crippen molar-refractivity contribution in [2.24, 2.45) is 0 Å². The van der Waals surface area contributed by atoms with Crippen LogP contribution in [0.4, 0.5) is 0 Å². The van der Waals surface area contributed by atoms with Gasteiger partial charge in [0.15, 0.2) is 0 Å². The average molecular weight is 138 g/mol. The summed E-state index contributed by atoms with van der Waals surface area (Å²) >= 11 is 7.36. The molecule has 42 valence electrons. The first-order valence-corrected chi connectivity index (χ1v) is 3.66. The molecule has 0 aliphatic carbocycles. The second-order valence-corrected chi connectivity index (χ2v) is 3.37. The molecule has 1 aliphatic heterocycles. The smallest absolute Gasteiger partial charge is 0.0345 e. The van der Waals surface area contributed by atoms with E-state index in [9.17, 15) is 0 Å². The third kappa shape index (κ3) is 1.24. The number of rotatable bonds is 0. The Labute approximate surface area is 53.3 Å². The van der Waals surface area contributed by atoms with Crippen LogP contribution >= 0.6 is 23.7 Å². The van der Waals surface area contributed by atoms with Crippen LogP contribution in [-0.2, 0) is 0 Å². The van der Waals surface area contributed by atoms with Gasteiger partial charge in [0.1, 0.15) is 0 Å². The van der Waals surface area contributed by atoms with Gasteiger partial charge in [-0.2, -0.15) is 3.82 Å². The first kappa shape index (κ1) is 5.73. The van der Waals surface area contributed by atoms with E-state index in [2.05, 4.69) is 6.92 Å². The molecule has 0 saturated carbocycles. The Morgan fingerprint density at radius 2 is 2.57 bits per heavy atom. The van der Waals surface area contributed by atoms with E-state index in [0.29, 0.717) is 6.04 Å². The van der Waals surface area contributed by atoms with Gasteiger partial charge in [0.2, 0.25) is 0 Å². The van der Waals surface area contributed by atoms with E-state index < -0.39 is 0 Å². The van der Waals surface area contributed by atoms with Gasteiger partial charge in [-0.1, -0.05) is 11.9 Å². The van der Waals surface area contributed by atoms with Crippen molar-refractivity contribution in [1.82, 2.24) is 3.82 Å². The predicted molar refractivity (Wildman–Crippen MR) is 34.2 cm³/mol.